The van der Waals surface area contributed by atoms with Crippen molar-refractivity contribution in [1.82, 2.24) is 4.98 Å². The summed E-state index contributed by atoms with van der Waals surface area (Å²) in [6.45, 7) is 10.8. The third-order valence-corrected chi connectivity index (χ3v) is 2.24. The van der Waals surface area contributed by atoms with Crippen molar-refractivity contribution in [2.24, 2.45) is 0 Å². The van der Waals surface area contributed by atoms with Crippen LogP contribution in [0.4, 0.5) is 0 Å². The van der Waals surface area contributed by atoms with Crippen molar-refractivity contribution in [1.29, 1.82) is 0 Å². The van der Waals surface area contributed by atoms with E-state index < -0.39 is 0 Å². The van der Waals surface area contributed by atoms with Gasteiger partial charge in [0, 0.05) is 18.3 Å². The van der Waals surface area contributed by atoms with Gasteiger partial charge in [-0.05, 0) is 24.5 Å². The second kappa shape index (κ2) is 5.54. The molecule has 0 aliphatic heterocycles. The molecule has 0 amide bonds. The Kier molecular flexibility index (Phi) is 4.35. The van der Waals surface area contributed by atoms with Gasteiger partial charge in [0.15, 0.2) is 0 Å². The lowest BCUT2D eigenvalue weighted by atomic mass is 10.1. The number of ether oxygens (including phenoxy) is 1. The molecule has 0 spiro atoms. The minimum absolute atomic E-state index is 0.529. The topological polar surface area (TPSA) is 22.1 Å². The van der Waals surface area contributed by atoms with Gasteiger partial charge in [-0.2, -0.15) is 0 Å². The molecule has 0 radical (unpaired) electrons. The van der Waals surface area contributed by atoms with Crippen LogP contribution >= 0.6 is 0 Å². The molecule has 0 unspecified atom stereocenters. The van der Waals surface area contributed by atoms with E-state index in [0.29, 0.717) is 18.9 Å². The van der Waals surface area contributed by atoms with Crippen LogP contribution in [0.2, 0.25) is 0 Å². The van der Waals surface area contributed by atoms with Crippen LogP contribution in [0, 0.1) is 0 Å². The summed E-state index contributed by atoms with van der Waals surface area (Å²) in [7, 11) is 0. The van der Waals surface area contributed by atoms with Crippen LogP contribution < -0.4 is 0 Å². The molecule has 15 heavy (non-hydrogen) atoms. The van der Waals surface area contributed by atoms with Crippen LogP contribution in [0.5, 0.6) is 0 Å². The number of hydrogen-bond donors (Lipinski definition) is 0. The highest BCUT2D eigenvalue weighted by molar-refractivity contribution is 5.19. The average Bonchev–Trinajstić information content (AvgIpc) is 2.18. The van der Waals surface area contributed by atoms with Crippen molar-refractivity contribution in [3.63, 3.8) is 0 Å². The SMILES string of the molecule is C=C(Cc1ccc(C(C)C)cn1)OCC. The van der Waals surface area contributed by atoms with E-state index in [9.17, 15) is 0 Å². The Bertz CT molecular complexity index is 314. The van der Waals surface area contributed by atoms with Crippen LogP contribution in [0.25, 0.3) is 0 Å². The maximum Gasteiger partial charge on any atom is 0.0947 e. The molecule has 0 atom stereocenters. The monoisotopic (exact) mass is 205 g/mol. The minimum Gasteiger partial charge on any atom is -0.498 e. The van der Waals surface area contributed by atoms with Gasteiger partial charge in [0.05, 0.1) is 12.4 Å². The summed E-state index contributed by atoms with van der Waals surface area (Å²) in [5.41, 5.74) is 2.28. The van der Waals surface area contributed by atoms with Gasteiger partial charge in [-0.15, -0.1) is 0 Å². The molecule has 0 fully saturated rings. The van der Waals surface area contributed by atoms with Gasteiger partial charge in [0.2, 0.25) is 0 Å². The normalized spacial score (nSPS) is 10.4. The zero-order valence-electron chi connectivity index (χ0n) is 9.79. The van der Waals surface area contributed by atoms with E-state index in [2.05, 4.69) is 31.5 Å². The molecule has 82 valence electrons. The van der Waals surface area contributed by atoms with Gasteiger partial charge in [0.25, 0.3) is 0 Å². The largest absolute Gasteiger partial charge is 0.498 e. The van der Waals surface area contributed by atoms with E-state index in [1.54, 1.807) is 0 Å². The maximum atomic E-state index is 5.29. The molecule has 1 aromatic rings. The first kappa shape index (κ1) is 11.8. The third-order valence-electron chi connectivity index (χ3n) is 2.24. The Hall–Kier alpha value is -1.31. The molecule has 0 aromatic carbocycles. The van der Waals surface area contributed by atoms with E-state index in [4.69, 9.17) is 4.74 Å². The molecule has 1 aromatic heterocycles. The smallest absolute Gasteiger partial charge is 0.0947 e. The predicted octanol–water partition coefficient (Wildman–Crippen LogP) is 3.30. The van der Waals surface area contributed by atoms with Crippen molar-refractivity contribution < 1.29 is 4.74 Å². The number of allylic oxidation sites excluding steroid dienone is 1. The number of hydrogen-bond acceptors (Lipinski definition) is 2. The first-order valence-corrected chi connectivity index (χ1v) is 5.39. The summed E-state index contributed by atoms with van der Waals surface area (Å²) >= 11 is 0. The molecule has 0 aliphatic rings. The van der Waals surface area contributed by atoms with Crippen LogP contribution in [-0.2, 0) is 11.2 Å². The summed E-state index contributed by atoms with van der Waals surface area (Å²) in [6, 6.07) is 4.16. The molecule has 0 saturated heterocycles. The van der Waals surface area contributed by atoms with Crippen molar-refractivity contribution in [2.75, 3.05) is 6.61 Å². The molecular formula is C13H19NO. The van der Waals surface area contributed by atoms with E-state index in [1.165, 1.54) is 5.56 Å². The molecule has 0 N–H and O–H groups in total. The zero-order valence-corrected chi connectivity index (χ0v) is 9.79. The number of nitrogens with zero attached hydrogens (tertiary/aromatic N) is 1. The molecule has 2 heteroatoms. The van der Waals surface area contributed by atoms with Gasteiger partial charge in [-0.1, -0.05) is 26.5 Å². The van der Waals surface area contributed by atoms with E-state index in [0.717, 1.165) is 11.5 Å². The predicted molar refractivity (Wildman–Crippen MR) is 62.8 cm³/mol. The highest BCUT2D eigenvalue weighted by atomic mass is 16.5. The summed E-state index contributed by atoms with van der Waals surface area (Å²) in [4.78, 5) is 4.38. The highest BCUT2D eigenvalue weighted by Crippen LogP contribution is 2.14. The van der Waals surface area contributed by atoms with Gasteiger partial charge in [-0.25, -0.2) is 0 Å². The average molecular weight is 205 g/mol. The van der Waals surface area contributed by atoms with Crippen LogP contribution in [0.1, 0.15) is 37.9 Å². The van der Waals surface area contributed by atoms with Gasteiger partial charge in [-0.3, -0.25) is 4.98 Å². The second-order valence-electron chi connectivity index (χ2n) is 3.89. The van der Waals surface area contributed by atoms with Gasteiger partial charge < -0.3 is 4.74 Å². The van der Waals surface area contributed by atoms with Crippen molar-refractivity contribution in [3.05, 3.63) is 41.9 Å². The van der Waals surface area contributed by atoms with Gasteiger partial charge in [0.1, 0.15) is 0 Å². The molecule has 0 bridgehead atoms. The van der Waals surface area contributed by atoms with Crippen molar-refractivity contribution >= 4 is 0 Å². The van der Waals surface area contributed by atoms with E-state index >= 15 is 0 Å². The minimum atomic E-state index is 0.529. The Morgan fingerprint density at radius 3 is 2.67 bits per heavy atom. The third kappa shape index (κ3) is 3.74. The molecule has 2 nitrogen and oxygen atoms in total. The fourth-order valence-corrected chi connectivity index (χ4v) is 1.34. The van der Waals surface area contributed by atoms with Crippen molar-refractivity contribution in [2.45, 2.75) is 33.1 Å². The van der Waals surface area contributed by atoms with E-state index in [1.807, 2.05) is 19.2 Å². The van der Waals surface area contributed by atoms with Gasteiger partial charge >= 0.3 is 0 Å². The summed E-state index contributed by atoms with van der Waals surface area (Å²) in [5.74, 6) is 1.31. The fraction of sp³-hybridized carbons (Fsp3) is 0.462. The lowest BCUT2D eigenvalue weighted by Gasteiger charge is -2.08. The Morgan fingerprint density at radius 1 is 1.47 bits per heavy atom. The molecule has 0 aliphatic carbocycles. The summed E-state index contributed by atoms with van der Waals surface area (Å²) < 4.78 is 5.29. The Balaban J connectivity index is 2.60. The number of pyridine rings is 1. The quantitative estimate of drug-likeness (QED) is 0.688. The molecular weight excluding hydrogens is 186 g/mol. The first-order valence-electron chi connectivity index (χ1n) is 5.39. The molecule has 1 rings (SSSR count). The maximum absolute atomic E-state index is 5.29. The van der Waals surface area contributed by atoms with Crippen molar-refractivity contribution in [3.8, 4) is 0 Å². The second-order valence-corrected chi connectivity index (χ2v) is 3.89. The molecule has 1 heterocycles. The fourth-order valence-electron chi connectivity index (χ4n) is 1.34. The number of rotatable bonds is 5. The zero-order chi connectivity index (χ0) is 11.3. The van der Waals surface area contributed by atoms with Crippen LogP contribution in [0.15, 0.2) is 30.7 Å². The highest BCUT2D eigenvalue weighted by Gasteiger charge is 2.02. The standard InChI is InChI=1S/C13H19NO/c1-5-15-11(4)8-13-7-6-12(9-14-13)10(2)3/h6-7,9-10H,4-5,8H2,1-3H3. The lowest BCUT2D eigenvalue weighted by Crippen LogP contribution is -1.98. The molecule has 0 saturated carbocycles. The first-order chi connectivity index (χ1) is 7.13. The van der Waals surface area contributed by atoms with E-state index in [-0.39, 0.29) is 0 Å². The summed E-state index contributed by atoms with van der Waals surface area (Å²) in [5, 5.41) is 0. The van der Waals surface area contributed by atoms with Crippen LogP contribution in [-0.4, -0.2) is 11.6 Å². The number of aromatic nitrogens is 1. The lowest BCUT2D eigenvalue weighted by molar-refractivity contribution is 0.224. The summed E-state index contributed by atoms with van der Waals surface area (Å²) in [6.07, 6.45) is 2.63. The Morgan fingerprint density at radius 2 is 2.20 bits per heavy atom. The van der Waals surface area contributed by atoms with Crippen LogP contribution in [0.3, 0.4) is 0 Å². The Labute approximate surface area is 92.0 Å².